The average Bonchev–Trinajstić information content (AvgIpc) is 2.64. The Morgan fingerprint density at radius 3 is 2.56 bits per heavy atom. The quantitative estimate of drug-likeness (QED) is 0.809. The minimum absolute atomic E-state index is 0.0799. The van der Waals surface area contributed by atoms with Gasteiger partial charge in [0.05, 0.1) is 6.04 Å². The maximum Gasteiger partial charge on any atom is 0.244 e. The van der Waals surface area contributed by atoms with Crippen LogP contribution >= 0.6 is 11.8 Å². The summed E-state index contributed by atoms with van der Waals surface area (Å²) in [5.41, 5.74) is 0. The lowest BCUT2D eigenvalue weighted by molar-refractivity contribution is -0.130. The Morgan fingerprint density at radius 1 is 1.50 bits per heavy atom. The van der Waals surface area contributed by atoms with E-state index >= 15 is 0 Å². The molecule has 1 rings (SSSR count). The van der Waals surface area contributed by atoms with Gasteiger partial charge in [-0.05, 0) is 12.8 Å². The maximum atomic E-state index is 11.6. The summed E-state index contributed by atoms with van der Waals surface area (Å²) >= 11 is 1.70. The second-order valence-corrected chi connectivity index (χ2v) is 5.66. The lowest BCUT2D eigenvalue weighted by Crippen LogP contribution is -2.43. The van der Waals surface area contributed by atoms with Crippen molar-refractivity contribution in [1.29, 1.82) is 0 Å². The van der Waals surface area contributed by atoms with Gasteiger partial charge in [0.1, 0.15) is 6.04 Å². The van der Waals surface area contributed by atoms with Gasteiger partial charge >= 0.3 is 0 Å². The van der Waals surface area contributed by atoms with E-state index in [9.17, 15) is 4.79 Å². The number of nitrogens with zero attached hydrogens (tertiary/aromatic N) is 2. The predicted octanol–water partition coefficient (Wildman–Crippen LogP) is 1.18. The van der Waals surface area contributed by atoms with Crippen LogP contribution in [0.4, 0.5) is 0 Å². The van der Waals surface area contributed by atoms with Crippen molar-refractivity contribution >= 4 is 22.8 Å². The minimum atomic E-state index is -0.202. The fraction of sp³-hybridized carbons (Fsp3) is 0.818. The molecule has 1 heterocycles. The van der Waals surface area contributed by atoms with Gasteiger partial charge in [-0.25, -0.2) is 0 Å². The fourth-order valence-electron chi connectivity index (χ4n) is 1.44. The van der Waals surface area contributed by atoms with E-state index in [0.29, 0.717) is 12.0 Å². The molecule has 0 bridgehead atoms. The topological polar surface area (TPSA) is 44.7 Å². The highest BCUT2D eigenvalue weighted by Gasteiger charge is 2.23. The zero-order chi connectivity index (χ0) is 12.3. The standard InChI is InChI=1S/C11H21N3OS/c1-7(2)9-6-16-11(13-9)12-8(3)10(15)14(4)5/h7-9H,6H2,1-5H3,(H,12,13)/t8?,9-/m1/s1. The molecule has 16 heavy (non-hydrogen) atoms. The number of nitrogens with one attached hydrogen (secondary N) is 1. The van der Waals surface area contributed by atoms with Crippen molar-refractivity contribution in [3.8, 4) is 0 Å². The van der Waals surface area contributed by atoms with Gasteiger partial charge in [0.25, 0.3) is 0 Å². The van der Waals surface area contributed by atoms with E-state index in [2.05, 4.69) is 24.2 Å². The van der Waals surface area contributed by atoms with E-state index in [0.717, 1.165) is 10.9 Å². The van der Waals surface area contributed by atoms with Gasteiger partial charge in [0, 0.05) is 19.8 Å². The summed E-state index contributed by atoms with van der Waals surface area (Å²) < 4.78 is 0. The first-order valence-electron chi connectivity index (χ1n) is 5.60. The summed E-state index contributed by atoms with van der Waals surface area (Å²) in [4.78, 5) is 17.8. The van der Waals surface area contributed by atoms with Crippen molar-refractivity contribution in [3.05, 3.63) is 0 Å². The summed E-state index contributed by atoms with van der Waals surface area (Å²) in [6.45, 7) is 6.21. The third-order valence-electron chi connectivity index (χ3n) is 2.59. The summed E-state index contributed by atoms with van der Waals surface area (Å²) in [7, 11) is 3.53. The van der Waals surface area contributed by atoms with E-state index in [4.69, 9.17) is 0 Å². The molecular weight excluding hydrogens is 222 g/mol. The van der Waals surface area contributed by atoms with Crippen LogP contribution in [0.25, 0.3) is 0 Å². The van der Waals surface area contributed by atoms with Crippen LogP contribution in [0.15, 0.2) is 4.99 Å². The van der Waals surface area contributed by atoms with Gasteiger partial charge in [-0.1, -0.05) is 25.6 Å². The summed E-state index contributed by atoms with van der Waals surface area (Å²) in [6, 6.07) is 0.182. The summed E-state index contributed by atoms with van der Waals surface area (Å²) in [6.07, 6.45) is 0. The lowest BCUT2D eigenvalue weighted by atomic mass is 10.1. The highest BCUT2D eigenvalue weighted by Crippen LogP contribution is 2.22. The number of carbonyl (C=O) groups excluding carboxylic acids is 1. The average molecular weight is 243 g/mol. The molecular formula is C11H21N3OS. The first-order chi connectivity index (χ1) is 7.41. The second-order valence-electron chi connectivity index (χ2n) is 4.66. The van der Waals surface area contributed by atoms with Crippen LogP contribution in [0.5, 0.6) is 0 Å². The van der Waals surface area contributed by atoms with Gasteiger partial charge in [-0.15, -0.1) is 0 Å². The number of amidine groups is 1. The van der Waals surface area contributed by atoms with E-state index in [1.807, 2.05) is 6.92 Å². The van der Waals surface area contributed by atoms with Crippen molar-refractivity contribution < 1.29 is 4.79 Å². The lowest BCUT2D eigenvalue weighted by Gasteiger charge is -2.18. The molecule has 5 heteroatoms. The second kappa shape index (κ2) is 5.57. The Bertz CT molecular complexity index is 289. The molecule has 0 aliphatic carbocycles. The molecule has 2 atom stereocenters. The molecule has 0 aromatic rings. The number of hydrogen-bond acceptors (Lipinski definition) is 4. The molecule has 1 amide bonds. The smallest absolute Gasteiger partial charge is 0.244 e. The molecule has 0 spiro atoms. The molecule has 0 aromatic carbocycles. The molecule has 0 saturated heterocycles. The first-order valence-corrected chi connectivity index (χ1v) is 6.58. The Morgan fingerprint density at radius 2 is 2.12 bits per heavy atom. The molecule has 0 saturated carbocycles. The van der Waals surface area contributed by atoms with E-state index in [1.54, 1.807) is 30.8 Å². The van der Waals surface area contributed by atoms with Crippen molar-refractivity contribution in [2.75, 3.05) is 19.8 Å². The molecule has 4 nitrogen and oxygen atoms in total. The molecule has 1 N–H and O–H groups in total. The van der Waals surface area contributed by atoms with Gasteiger partial charge < -0.3 is 10.2 Å². The number of thioether (sulfide) groups is 1. The number of carbonyl (C=O) groups is 1. The maximum absolute atomic E-state index is 11.6. The Hall–Kier alpha value is -0.710. The predicted molar refractivity (Wildman–Crippen MR) is 69.8 cm³/mol. The largest absolute Gasteiger partial charge is 0.353 e. The van der Waals surface area contributed by atoms with E-state index in [-0.39, 0.29) is 11.9 Å². The van der Waals surface area contributed by atoms with Crippen molar-refractivity contribution in [1.82, 2.24) is 10.2 Å². The Balaban J connectivity index is 2.50. The molecule has 0 radical (unpaired) electrons. The fourth-order valence-corrected chi connectivity index (χ4v) is 2.70. The summed E-state index contributed by atoms with van der Waals surface area (Å²) in [5.74, 6) is 1.66. The van der Waals surface area contributed by atoms with E-state index in [1.165, 1.54) is 0 Å². The van der Waals surface area contributed by atoms with Gasteiger partial charge in [-0.2, -0.15) is 0 Å². The van der Waals surface area contributed by atoms with Crippen LogP contribution < -0.4 is 5.32 Å². The number of amides is 1. The van der Waals surface area contributed by atoms with Crippen LogP contribution in [-0.2, 0) is 4.79 Å². The van der Waals surface area contributed by atoms with Crippen molar-refractivity contribution in [3.63, 3.8) is 0 Å². The minimum Gasteiger partial charge on any atom is -0.353 e. The molecule has 1 unspecified atom stereocenters. The molecule has 0 fully saturated rings. The molecule has 92 valence electrons. The van der Waals surface area contributed by atoms with E-state index < -0.39 is 0 Å². The first kappa shape index (κ1) is 13.4. The zero-order valence-corrected chi connectivity index (χ0v) is 11.5. The van der Waals surface area contributed by atoms with Gasteiger partial charge in [-0.3, -0.25) is 9.79 Å². The van der Waals surface area contributed by atoms with Crippen LogP contribution in [0.2, 0.25) is 0 Å². The van der Waals surface area contributed by atoms with Gasteiger partial charge in [0.15, 0.2) is 5.17 Å². The Labute approximate surface area is 102 Å². The number of rotatable bonds is 3. The third-order valence-corrected chi connectivity index (χ3v) is 3.60. The highest BCUT2D eigenvalue weighted by atomic mass is 32.2. The molecule has 1 aliphatic rings. The number of aliphatic imine (C=N–C) groups is 1. The monoisotopic (exact) mass is 243 g/mol. The van der Waals surface area contributed by atoms with Gasteiger partial charge in [0.2, 0.25) is 5.91 Å². The third kappa shape index (κ3) is 3.40. The van der Waals surface area contributed by atoms with Crippen molar-refractivity contribution in [2.45, 2.75) is 32.9 Å². The molecule has 1 aliphatic heterocycles. The SMILES string of the molecule is CC(NC1=N[C@@H](C(C)C)CS1)C(=O)N(C)C. The van der Waals surface area contributed by atoms with Crippen molar-refractivity contribution in [2.24, 2.45) is 10.9 Å². The highest BCUT2D eigenvalue weighted by molar-refractivity contribution is 8.14. The number of likely N-dealkylation sites (N-methyl/N-ethyl adjacent to an activating group) is 1. The van der Waals surface area contributed by atoms with Crippen LogP contribution in [-0.4, -0.2) is 47.9 Å². The normalized spacial score (nSPS) is 21.9. The zero-order valence-electron chi connectivity index (χ0n) is 10.7. The van der Waals surface area contributed by atoms with Crippen LogP contribution in [0, 0.1) is 5.92 Å². The Kier molecular flexibility index (Phi) is 4.65. The summed E-state index contributed by atoms with van der Waals surface area (Å²) in [5, 5.41) is 4.07. The van der Waals surface area contributed by atoms with Crippen LogP contribution in [0.3, 0.4) is 0 Å². The number of hydrogen-bond donors (Lipinski definition) is 1. The molecule has 0 aromatic heterocycles. The van der Waals surface area contributed by atoms with Crippen LogP contribution in [0.1, 0.15) is 20.8 Å².